The molecule has 20 heavy (non-hydrogen) atoms. The van der Waals surface area contributed by atoms with Gasteiger partial charge in [0.1, 0.15) is 18.6 Å². The van der Waals surface area contributed by atoms with Crippen molar-refractivity contribution in [3.8, 4) is 0 Å². The highest BCUT2D eigenvalue weighted by molar-refractivity contribution is 6.05. The lowest BCUT2D eigenvalue weighted by atomic mass is 10.1. The number of fused-ring (bicyclic) bond motifs is 1. The minimum atomic E-state index is -0.620. The van der Waals surface area contributed by atoms with Crippen LogP contribution >= 0.6 is 0 Å². The fourth-order valence-electron chi connectivity index (χ4n) is 2.63. The van der Waals surface area contributed by atoms with E-state index in [1.165, 1.54) is 4.90 Å². The van der Waals surface area contributed by atoms with Gasteiger partial charge in [0, 0.05) is 12.1 Å². The molecule has 2 aliphatic rings. The smallest absolute Gasteiger partial charge is 0.249 e. The zero-order valence-corrected chi connectivity index (χ0v) is 11.1. The zero-order valence-electron chi connectivity index (χ0n) is 11.1. The molecule has 0 spiro atoms. The second-order valence-electron chi connectivity index (χ2n) is 5.11. The molecule has 0 aliphatic carbocycles. The maximum atomic E-state index is 12.5. The Bertz CT molecular complexity index is 574. The average molecular weight is 273 g/mol. The number of amides is 3. The Hall–Kier alpha value is -2.37. The van der Waals surface area contributed by atoms with Crippen molar-refractivity contribution < 1.29 is 14.4 Å². The highest BCUT2D eigenvalue weighted by Crippen LogP contribution is 2.26. The van der Waals surface area contributed by atoms with E-state index in [0.717, 1.165) is 11.3 Å². The summed E-state index contributed by atoms with van der Waals surface area (Å²) in [6.07, 6.45) is 0.577. The maximum Gasteiger partial charge on any atom is 0.249 e. The third-order valence-corrected chi connectivity index (χ3v) is 3.78. The monoisotopic (exact) mass is 273 g/mol. The first-order chi connectivity index (χ1) is 9.56. The van der Waals surface area contributed by atoms with Crippen LogP contribution in [0.4, 0.5) is 5.69 Å². The quantitative estimate of drug-likeness (QED) is 0.700. The Kier molecular flexibility index (Phi) is 2.93. The summed E-state index contributed by atoms with van der Waals surface area (Å²) in [5.41, 5.74) is 2.01. The molecule has 2 unspecified atom stereocenters. The highest BCUT2D eigenvalue weighted by Gasteiger charge is 2.38. The maximum absolute atomic E-state index is 12.5. The van der Waals surface area contributed by atoms with Gasteiger partial charge in [0.15, 0.2) is 0 Å². The van der Waals surface area contributed by atoms with E-state index in [2.05, 4.69) is 10.6 Å². The summed E-state index contributed by atoms with van der Waals surface area (Å²) in [5, 5.41) is 5.38. The van der Waals surface area contributed by atoms with Crippen LogP contribution in [0.15, 0.2) is 24.3 Å². The van der Waals surface area contributed by atoms with Gasteiger partial charge in [-0.25, -0.2) is 0 Å². The number of imide groups is 1. The second-order valence-corrected chi connectivity index (χ2v) is 5.11. The van der Waals surface area contributed by atoms with Crippen LogP contribution in [0.25, 0.3) is 0 Å². The predicted molar refractivity (Wildman–Crippen MR) is 71.9 cm³/mol. The molecule has 2 aliphatic heterocycles. The highest BCUT2D eigenvalue weighted by atomic mass is 16.2. The summed E-state index contributed by atoms with van der Waals surface area (Å²) in [4.78, 5) is 36.9. The van der Waals surface area contributed by atoms with Crippen molar-refractivity contribution in [2.45, 2.75) is 25.4 Å². The van der Waals surface area contributed by atoms with Crippen molar-refractivity contribution in [1.29, 1.82) is 0 Å². The minimum Gasteiger partial charge on any atom is -0.373 e. The van der Waals surface area contributed by atoms with Crippen molar-refractivity contribution in [3.63, 3.8) is 0 Å². The van der Waals surface area contributed by atoms with Crippen LogP contribution in [0, 0.1) is 0 Å². The first-order valence-electron chi connectivity index (χ1n) is 6.55. The molecule has 1 saturated heterocycles. The number of hydrogen-bond acceptors (Lipinski definition) is 4. The zero-order chi connectivity index (χ0) is 14.3. The van der Waals surface area contributed by atoms with Crippen molar-refractivity contribution in [2.24, 2.45) is 0 Å². The van der Waals surface area contributed by atoms with Gasteiger partial charge in [-0.1, -0.05) is 18.2 Å². The van der Waals surface area contributed by atoms with Gasteiger partial charge in [0.25, 0.3) is 0 Å². The van der Waals surface area contributed by atoms with Crippen LogP contribution in [0.3, 0.4) is 0 Å². The number of benzene rings is 1. The van der Waals surface area contributed by atoms with Crippen LogP contribution in [0.2, 0.25) is 0 Å². The van der Waals surface area contributed by atoms with Crippen LogP contribution in [0.5, 0.6) is 0 Å². The lowest BCUT2D eigenvalue weighted by Gasteiger charge is -2.33. The Balaban J connectivity index is 1.77. The molecule has 3 rings (SSSR count). The van der Waals surface area contributed by atoms with Gasteiger partial charge in [0.05, 0.1) is 0 Å². The summed E-state index contributed by atoms with van der Waals surface area (Å²) in [6.45, 7) is 1.56. The van der Waals surface area contributed by atoms with Crippen molar-refractivity contribution >= 4 is 23.4 Å². The summed E-state index contributed by atoms with van der Waals surface area (Å²) in [5.74, 6) is -1.07. The van der Waals surface area contributed by atoms with Gasteiger partial charge in [-0.15, -0.1) is 0 Å². The number of rotatable bonds is 1. The predicted octanol–water partition coefficient (Wildman–Crippen LogP) is -0.103. The molecule has 1 fully saturated rings. The normalized spacial score (nSPS) is 24.9. The molecule has 0 bridgehead atoms. The summed E-state index contributed by atoms with van der Waals surface area (Å²) in [6, 6.07) is 6.68. The van der Waals surface area contributed by atoms with E-state index in [9.17, 15) is 14.4 Å². The summed E-state index contributed by atoms with van der Waals surface area (Å²) < 4.78 is 0. The standard InChI is InChI=1S/C14H15N3O3/c1-8-13(19)16-12(18)7-17(8)14(20)11-6-9-4-2-3-5-10(9)15-11/h2-5,8,11,15H,6-7H2,1H3,(H,16,18,19). The van der Waals surface area contributed by atoms with Gasteiger partial charge in [-0.05, 0) is 18.6 Å². The molecule has 6 heteroatoms. The molecule has 1 aromatic carbocycles. The molecule has 1 aromatic rings. The minimum absolute atomic E-state index is 0.0692. The summed E-state index contributed by atoms with van der Waals surface area (Å²) in [7, 11) is 0. The first kappa shape index (κ1) is 12.7. The van der Waals surface area contributed by atoms with E-state index in [1.54, 1.807) is 6.92 Å². The van der Waals surface area contributed by atoms with Gasteiger partial charge >= 0.3 is 0 Å². The molecule has 0 saturated carbocycles. The number of carbonyl (C=O) groups excluding carboxylic acids is 3. The van der Waals surface area contributed by atoms with Crippen LogP contribution in [-0.2, 0) is 20.8 Å². The van der Waals surface area contributed by atoms with E-state index in [4.69, 9.17) is 0 Å². The Labute approximate surface area is 116 Å². The van der Waals surface area contributed by atoms with Gasteiger partial charge in [0.2, 0.25) is 17.7 Å². The third kappa shape index (κ3) is 2.03. The molecular weight excluding hydrogens is 258 g/mol. The number of nitrogens with one attached hydrogen (secondary N) is 2. The van der Waals surface area contributed by atoms with Gasteiger partial charge < -0.3 is 10.2 Å². The second kappa shape index (κ2) is 4.63. The number of carbonyl (C=O) groups is 3. The van der Waals surface area contributed by atoms with Crippen molar-refractivity contribution in [3.05, 3.63) is 29.8 Å². The lowest BCUT2D eigenvalue weighted by molar-refractivity contribution is -0.149. The van der Waals surface area contributed by atoms with Crippen molar-refractivity contribution in [2.75, 3.05) is 11.9 Å². The van der Waals surface area contributed by atoms with E-state index < -0.39 is 23.9 Å². The first-order valence-corrected chi connectivity index (χ1v) is 6.55. The number of para-hydroxylation sites is 1. The van der Waals surface area contributed by atoms with E-state index >= 15 is 0 Å². The number of piperazine rings is 1. The number of hydrogen-bond donors (Lipinski definition) is 2. The number of nitrogens with zero attached hydrogens (tertiary/aromatic N) is 1. The summed E-state index contributed by atoms with van der Waals surface area (Å²) >= 11 is 0. The molecule has 6 nitrogen and oxygen atoms in total. The number of anilines is 1. The van der Waals surface area contributed by atoms with Gasteiger partial charge in [-0.3, -0.25) is 19.7 Å². The van der Waals surface area contributed by atoms with Crippen LogP contribution < -0.4 is 10.6 Å². The Morgan fingerprint density at radius 3 is 2.80 bits per heavy atom. The van der Waals surface area contributed by atoms with Gasteiger partial charge in [-0.2, -0.15) is 0 Å². The Morgan fingerprint density at radius 2 is 2.05 bits per heavy atom. The lowest BCUT2D eigenvalue weighted by Crippen LogP contribution is -2.60. The van der Waals surface area contributed by atoms with E-state index in [-0.39, 0.29) is 12.5 Å². The molecular formula is C14H15N3O3. The van der Waals surface area contributed by atoms with Crippen LogP contribution in [-0.4, -0.2) is 41.2 Å². The molecule has 104 valence electrons. The average Bonchev–Trinajstić information content (AvgIpc) is 2.86. The fourth-order valence-corrected chi connectivity index (χ4v) is 2.63. The molecule has 3 amide bonds. The Morgan fingerprint density at radius 1 is 1.30 bits per heavy atom. The fraction of sp³-hybridized carbons (Fsp3) is 0.357. The molecule has 0 radical (unpaired) electrons. The third-order valence-electron chi connectivity index (χ3n) is 3.78. The molecule has 2 atom stereocenters. The molecule has 2 heterocycles. The topological polar surface area (TPSA) is 78.5 Å². The molecule has 0 aromatic heterocycles. The van der Waals surface area contributed by atoms with Crippen LogP contribution in [0.1, 0.15) is 12.5 Å². The SMILES string of the molecule is CC1C(=O)NC(=O)CN1C(=O)C1Cc2ccccc2N1. The van der Waals surface area contributed by atoms with Crippen molar-refractivity contribution in [1.82, 2.24) is 10.2 Å². The van der Waals surface area contributed by atoms with E-state index in [1.807, 2.05) is 24.3 Å². The van der Waals surface area contributed by atoms with E-state index in [0.29, 0.717) is 6.42 Å². The molecule has 2 N–H and O–H groups in total. The largest absolute Gasteiger partial charge is 0.373 e.